The number of nitrogens with two attached hydrogens (primary N) is 1. The monoisotopic (exact) mass is 255 g/mol. The number of hydrogen-bond acceptors (Lipinski definition) is 3. The highest BCUT2D eigenvalue weighted by Gasteiger charge is 2.37. The average molecular weight is 255 g/mol. The summed E-state index contributed by atoms with van der Waals surface area (Å²) >= 11 is 0. The van der Waals surface area contributed by atoms with Gasteiger partial charge in [-0.15, -0.1) is 0 Å². The summed E-state index contributed by atoms with van der Waals surface area (Å²) in [6.07, 6.45) is 2.87. The van der Waals surface area contributed by atoms with Crippen molar-refractivity contribution in [3.05, 3.63) is 0 Å². The molecule has 4 nitrogen and oxygen atoms in total. The van der Waals surface area contributed by atoms with Gasteiger partial charge in [0.05, 0.1) is 5.41 Å². The molecular weight excluding hydrogens is 226 g/mol. The van der Waals surface area contributed by atoms with E-state index in [2.05, 4.69) is 25.7 Å². The first kappa shape index (κ1) is 15.4. The van der Waals surface area contributed by atoms with Crippen molar-refractivity contribution in [1.82, 2.24) is 9.80 Å². The fourth-order valence-corrected chi connectivity index (χ4v) is 2.75. The second kappa shape index (κ2) is 7.10. The van der Waals surface area contributed by atoms with Crippen LogP contribution in [-0.2, 0) is 4.79 Å². The quantitative estimate of drug-likeness (QED) is 0.778. The first-order valence-corrected chi connectivity index (χ1v) is 7.35. The van der Waals surface area contributed by atoms with E-state index in [1.807, 2.05) is 4.90 Å². The van der Waals surface area contributed by atoms with Crippen LogP contribution in [0.5, 0.6) is 0 Å². The van der Waals surface area contributed by atoms with Gasteiger partial charge in [-0.25, -0.2) is 0 Å². The van der Waals surface area contributed by atoms with E-state index in [-0.39, 0.29) is 11.3 Å². The molecule has 1 aliphatic rings. The van der Waals surface area contributed by atoms with Gasteiger partial charge >= 0.3 is 0 Å². The number of hydrogen-bond donors (Lipinski definition) is 1. The number of carbonyl (C=O) groups is 1. The standard InChI is InChI=1S/C14H29N3O/c1-4-7-16-8-10-17(11-9-16)13(18)14(5-2,6-3)12-15/h4-12,15H2,1-3H3. The number of rotatable bonds is 6. The summed E-state index contributed by atoms with van der Waals surface area (Å²) in [5.41, 5.74) is 5.53. The molecule has 0 bridgehead atoms. The molecule has 0 aromatic carbocycles. The van der Waals surface area contributed by atoms with Crippen molar-refractivity contribution in [2.75, 3.05) is 39.3 Å². The third kappa shape index (κ3) is 3.23. The van der Waals surface area contributed by atoms with E-state index in [0.717, 1.165) is 45.6 Å². The molecule has 0 atom stereocenters. The van der Waals surface area contributed by atoms with Gasteiger partial charge in [0.15, 0.2) is 0 Å². The van der Waals surface area contributed by atoms with Crippen LogP contribution in [0.2, 0.25) is 0 Å². The first-order chi connectivity index (χ1) is 8.63. The summed E-state index contributed by atoms with van der Waals surface area (Å²) in [4.78, 5) is 17.1. The second-order valence-electron chi connectivity index (χ2n) is 5.33. The third-order valence-electron chi connectivity index (χ3n) is 4.40. The van der Waals surface area contributed by atoms with Crippen molar-refractivity contribution in [2.24, 2.45) is 11.1 Å². The average Bonchev–Trinajstić information content (AvgIpc) is 2.42. The molecule has 0 aliphatic carbocycles. The van der Waals surface area contributed by atoms with Crippen molar-refractivity contribution in [2.45, 2.75) is 40.0 Å². The Kier molecular flexibility index (Phi) is 6.09. The molecule has 4 heteroatoms. The summed E-state index contributed by atoms with van der Waals surface area (Å²) in [6.45, 7) is 11.7. The normalized spacial score (nSPS) is 18.1. The molecule has 0 unspecified atom stereocenters. The largest absolute Gasteiger partial charge is 0.340 e. The summed E-state index contributed by atoms with van der Waals surface area (Å²) in [5, 5.41) is 0. The Labute approximate surface area is 111 Å². The Bertz CT molecular complexity index is 248. The van der Waals surface area contributed by atoms with Crippen molar-refractivity contribution < 1.29 is 4.79 Å². The predicted molar refractivity (Wildman–Crippen MR) is 75.4 cm³/mol. The van der Waals surface area contributed by atoms with Crippen LogP contribution in [0.25, 0.3) is 0 Å². The van der Waals surface area contributed by atoms with Gasteiger partial charge in [-0.3, -0.25) is 9.69 Å². The number of amides is 1. The Morgan fingerprint density at radius 1 is 1.11 bits per heavy atom. The van der Waals surface area contributed by atoms with E-state index in [1.54, 1.807) is 0 Å². The van der Waals surface area contributed by atoms with Crippen molar-refractivity contribution in [3.8, 4) is 0 Å². The molecule has 18 heavy (non-hydrogen) atoms. The predicted octanol–water partition coefficient (Wildman–Crippen LogP) is 1.31. The third-order valence-corrected chi connectivity index (χ3v) is 4.40. The zero-order valence-electron chi connectivity index (χ0n) is 12.2. The highest BCUT2D eigenvalue weighted by molar-refractivity contribution is 5.83. The molecule has 0 radical (unpaired) electrons. The summed E-state index contributed by atoms with van der Waals surface area (Å²) in [5.74, 6) is 0.270. The second-order valence-corrected chi connectivity index (χ2v) is 5.33. The molecule has 1 heterocycles. The van der Waals surface area contributed by atoms with Crippen LogP contribution in [-0.4, -0.2) is 55.0 Å². The van der Waals surface area contributed by atoms with E-state index >= 15 is 0 Å². The molecule has 106 valence electrons. The Morgan fingerprint density at radius 2 is 1.67 bits per heavy atom. The van der Waals surface area contributed by atoms with Gasteiger partial charge in [-0.2, -0.15) is 0 Å². The molecule has 0 aromatic heterocycles. The van der Waals surface area contributed by atoms with E-state index in [4.69, 9.17) is 5.73 Å². The molecule has 0 spiro atoms. The minimum atomic E-state index is -0.326. The van der Waals surface area contributed by atoms with Crippen molar-refractivity contribution in [1.29, 1.82) is 0 Å². The molecule has 1 fully saturated rings. The smallest absolute Gasteiger partial charge is 0.230 e. The number of nitrogens with zero attached hydrogens (tertiary/aromatic N) is 2. The van der Waals surface area contributed by atoms with Gasteiger partial charge in [-0.1, -0.05) is 20.8 Å². The van der Waals surface area contributed by atoms with E-state index < -0.39 is 0 Å². The lowest BCUT2D eigenvalue weighted by molar-refractivity contribution is -0.144. The maximum Gasteiger partial charge on any atom is 0.230 e. The minimum Gasteiger partial charge on any atom is -0.340 e. The van der Waals surface area contributed by atoms with E-state index in [9.17, 15) is 4.79 Å². The lowest BCUT2D eigenvalue weighted by Crippen LogP contribution is -2.54. The summed E-state index contributed by atoms with van der Waals surface area (Å²) < 4.78 is 0. The summed E-state index contributed by atoms with van der Waals surface area (Å²) in [7, 11) is 0. The van der Waals surface area contributed by atoms with Crippen molar-refractivity contribution >= 4 is 5.91 Å². The van der Waals surface area contributed by atoms with Gasteiger partial charge < -0.3 is 10.6 Å². The van der Waals surface area contributed by atoms with Crippen LogP contribution < -0.4 is 5.73 Å². The molecule has 2 N–H and O–H groups in total. The molecule has 1 amide bonds. The minimum absolute atomic E-state index is 0.270. The van der Waals surface area contributed by atoms with Crippen LogP contribution >= 0.6 is 0 Å². The topological polar surface area (TPSA) is 49.6 Å². The first-order valence-electron chi connectivity index (χ1n) is 7.35. The Hall–Kier alpha value is -0.610. The molecule has 0 saturated carbocycles. The van der Waals surface area contributed by atoms with E-state index in [1.165, 1.54) is 6.42 Å². The van der Waals surface area contributed by atoms with Gasteiger partial charge in [-0.05, 0) is 25.8 Å². The number of piperazine rings is 1. The van der Waals surface area contributed by atoms with Crippen LogP contribution in [0.15, 0.2) is 0 Å². The lowest BCUT2D eigenvalue weighted by atomic mass is 9.81. The number of carbonyl (C=O) groups excluding carboxylic acids is 1. The van der Waals surface area contributed by atoms with Crippen LogP contribution in [0.1, 0.15) is 40.0 Å². The zero-order valence-corrected chi connectivity index (χ0v) is 12.2. The van der Waals surface area contributed by atoms with Gasteiger partial charge in [0, 0.05) is 32.7 Å². The van der Waals surface area contributed by atoms with E-state index in [0.29, 0.717) is 6.54 Å². The highest BCUT2D eigenvalue weighted by Crippen LogP contribution is 2.28. The SMILES string of the molecule is CCCN1CCN(C(=O)C(CC)(CC)CN)CC1. The molecule has 1 aliphatic heterocycles. The van der Waals surface area contributed by atoms with Gasteiger partial charge in [0.2, 0.25) is 5.91 Å². The van der Waals surface area contributed by atoms with Crippen LogP contribution in [0.3, 0.4) is 0 Å². The fourth-order valence-electron chi connectivity index (χ4n) is 2.75. The van der Waals surface area contributed by atoms with Crippen molar-refractivity contribution in [3.63, 3.8) is 0 Å². The fraction of sp³-hybridized carbons (Fsp3) is 0.929. The highest BCUT2D eigenvalue weighted by atomic mass is 16.2. The zero-order chi connectivity index (χ0) is 13.6. The Balaban J connectivity index is 2.58. The summed E-state index contributed by atoms with van der Waals surface area (Å²) in [6, 6.07) is 0. The maximum absolute atomic E-state index is 12.6. The van der Waals surface area contributed by atoms with Crippen LogP contribution in [0.4, 0.5) is 0 Å². The molecular formula is C14H29N3O. The lowest BCUT2D eigenvalue weighted by Gasteiger charge is -2.40. The van der Waals surface area contributed by atoms with Crippen LogP contribution in [0, 0.1) is 5.41 Å². The Morgan fingerprint density at radius 3 is 2.06 bits per heavy atom. The molecule has 0 aromatic rings. The van der Waals surface area contributed by atoms with Gasteiger partial charge in [0.25, 0.3) is 0 Å². The van der Waals surface area contributed by atoms with Gasteiger partial charge in [0.1, 0.15) is 0 Å². The maximum atomic E-state index is 12.6. The molecule has 1 saturated heterocycles. The molecule has 1 rings (SSSR count).